The summed E-state index contributed by atoms with van der Waals surface area (Å²) < 4.78 is 27.4. The molecule has 2 rings (SSSR count). The summed E-state index contributed by atoms with van der Waals surface area (Å²) in [5.74, 6) is -0.775. The minimum atomic E-state index is -3.87. The first-order valence-electron chi connectivity index (χ1n) is 4.90. The molecule has 0 fully saturated rings. The van der Waals surface area contributed by atoms with Crippen molar-refractivity contribution >= 4 is 41.1 Å². The van der Waals surface area contributed by atoms with Crippen molar-refractivity contribution in [3.05, 3.63) is 60.2 Å². The third-order valence-electron chi connectivity index (χ3n) is 2.37. The molecule has 0 saturated heterocycles. The topological polar surface area (TPSA) is 0 Å². The van der Waals surface area contributed by atoms with Gasteiger partial charge in [0.05, 0.1) is 0 Å². The Kier molecular flexibility index (Phi) is 3.95. The van der Waals surface area contributed by atoms with E-state index in [4.69, 9.17) is 17.8 Å². The standard InChI is InChI=1S/2C6H4F.2ClH.Sn/c2*7-6-4-2-1-3-5-6;;;/h2*1-2,4-5H;2*1H;/q;;;;+2/p-2. The van der Waals surface area contributed by atoms with Crippen LogP contribution in [-0.2, 0) is 0 Å². The number of rotatable bonds is 2. The van der Waals surface area contributed by atoms with E-state index >= 15 is 0 Å². The third-order valence-corrected chi connectivity index (χ3v) is 14.1. The van der Waals surface area contributed by atoms with Gasteiger partial charge in [-0.2, -0.15) is 0 Å². The van der Waals surface area contributed by atoms with Crippen molar-refractivity contribution in [3.8, 4) is 0 Å². The first kappa shape index (κ1) is 13.1. The molecule has 0 radical (unpaired) electrons. The molecular weight excluding hydrogens is 372 g/mol. The van der Waals surface area contributed by atoms with Gasteiger partial charge in [0, 0.05) is 0 Å². The van der Waals surface area contributed by atoms with Gasteiger partial charge in [-0.25, -0.2) is 0 Å². The molecule has 0 nitrogen and oxygen atoms in total. The van der Waals surface area contributed by atoms with Gasteiger partial charge in [-0.1, -0.05) is 0 Å². The molecule has 0 atom stereocenters. The summed E-state index contributed by atoms with van der Waals surface area (Å²) >= 11 is -3.87. The fourth-order valence-corrected chi connectivity index (χ4v) is 9.21. The van der Waals surface area contributed by atoms with Crippen LogP contribution in [0.3, 0.4) is 0 Å². The zero-order chi connectivity index (χ0) is 12.5. The Morgan fingerprint density at radius 1 is 0.765 bits per heavy atom. The molecule has 0 saturated carbocycles. The van der Waals surface area contributed by atoms with Crippen molar-refractivity contribution in [2.24, 2.45) is 0 Å². The summed E-state index contributed by atoms with van der Waals surface area (Å²) in [5, 5.41) is 0. The quantitative estimate of drug-likeness (QED) is 0.704. The summed E-state index contributed by atoms with van der Waals surface area (Å²) in [7, 11) is 12.7. The number of hydrogen-bond donors (Lipinski definition) is 0. The average Bonchev–Trinajstić information content (AvgIpc) is 2.29. The monoisotopic (exact) mass is 380 g/mol. The van der Waals surface area contributed by atoms with Crippen molar-refractivity contribution in [2.45, 2.75) is 0 Å². The molecule has 0 heterocycles. The van der Waals surface area contributed by atoms with Crippen LogP contribution in [0.15, 0.2) is 48.5 Å². The molecular formula is C12H8Cl2F2Sn. The van der Waals surface area contributed by atoms with Crippen LogP contribution in [0.5, 0.6) is 0 Å². The van der Waals surface area contributed by atoms with Crippen LogP contribution in [-0.4, -0.2) is 16.1 Å². The van der Waals surface area contributed by atoms with Crippen LogP contribution in [0.25, 0.3) is 0 Å². The Hall–Kier alpha value is -0.321. The summed E-state index contributed by atoms with van der Waals surface area (Å²) in [6.45, 7) is 0. The van der Waals surface area contributed by atoms with E-state index in [1.165, 1.54) is 24.3 Å². The zero-order valence-corrected chi connectivity index (χ0v) is 13.0. The van der Waals surface area contributed by atoms with E-state index in [2.05, 4.69) is 0 Å². The van der Waals surface area contributed by atoms with Crippen molar-refractivity contribution < 1.29 is 8.78 Å². The summed E-state index contributed by atoms with van der Waals surface area (Å²) in [5.41, 5.74) is 0. The molecule has 0 bridgehead atoms. The maximum absolute atomic E-state index is 13.1. The first-order chi connectivity index (χ1) is 8.00. The van der Waals surface area contributed by atoms with Crippen LogP contribution in [0.4, 0.5) is 8.78 Å². The summed E-state index contributed by atoms with van der Waals surface area (Å²) in [6, 6.07) is 11.8. The SMILES string of the molecule is Fc1ccc[c]([Sn]([Cl])([Cl])[c]2cccc(F)c2)c1. The van der Waals surface area contributed by atoms with Crippen molar-refractivity contribution in [3.63, 3.8) is 0 Å². The molecule has 2 aromatic carbocycles. The van der Waals surface area contributed by atoms with E-state index in [-0.39, 0.29) is 11.6 Å². The Balaban J connectivity index is 2.49. The Bertz CT molecular complexity index is 496. The van der Waals surface area contributed by atoms with Crippen LogP contribution >= 0.6 is 17.8 Å². The normalized spacial score (nSPS) is 11.5. The van der Waals surface area contributed by atoms with Gasteiger partial charge in [-0.15, -0.1) is 0 Å². The summed E-state index contributed by atoms with van der Waals surface area (Å²) in [4.78, 5) is 0. The second-order valence-electron chi connectivity index (χ2n) is 3.60. The molecule has 17 heavy (non-hydrogen) atoms. The van der Waals surface area contributed by atoms with Gasteiger partial charge in [0.2, 0.25) is 0 Å². The van der Waals surface area contributed by atoms with E-state index in [1.807, 2.05) is 0 Å². The second kappa shape index (κ2) is 5.12. The van der Waals surface area contributed by atoms with Gasteiger partial charge in [0.1, 0.15) is 0 Å². The van der Waals surface area contributed by atoms with Crippen LogP contribution in [0, 0.1) is 11.6 Å². The third kappa shape index (κ3) is 2.92. The van der Waals surface area contributed by atoms with E-state index in [1.54, 1.807) is 24.3 Å². The van der Waals surface area contributed by atoms with Crippen LogP contribution in [0.2, 0.25) is 0 Å². The molecule has 88 valence electrons. The molecule has 0 aliphatic heterocycles. The van der Waals surface area contributed by atoms with Gasteiger partial charge in [0.25, 0.3) is 0 Å². The van der Waals surface area contributed by atoms with Crippen molar-refractivity contribution in [2.75, 3.05) is 0 Å². The predicted octanol–water partition coefficient (Wildman–Crippen LogP) is 3.00. The fraction of sp³-hybridized carbons (Fsp3) is 0. The number of benzene rings is 2. The molecule has 0 aromatic heterocycles. The van der Waals surface area contributed by atoms with Gasteiger partial charge >= 0.3 is 110 Å². The van der Waals surface area contributed by atoms with Crippen molar-refractivity contribution in [1.82, 2.24) is 0 Å². The van der Waals surface area contributed by atoms with Crippen molar-refractivity contribution in [1.29, 1.82) is 0 Å². The van der Waals surface area contributed by atoms with Gasteiger partial charge in [-0.3, -0.25) is 0 Å². The number of halogens is 4. The van der Waals surface area contributed by atoms with Gasteiger partial charge in [0.15, 0.2) is 0 Å². The molecule has 0 unspecified atom stereocenters. The number of hydrogen-bond acceptors (Lipinski definition) is 0. The maximum atomic E-state index is 13.1. The average molecular weight is 380 g/mol. The van der Waals surface area contributed by atoms with Crippen LogP contribution in [0.1, 0.15) is 0 Å². The van der Waals surface area contributed by atoms with E-state index in [0.29, 0.717) is 7.16 Å². The second-order valence-corrected chi connectivity index (χ2v) is 19.1. The van der Waals surface area contributed by atoms with E-state index in [0.717, 1.165) is 0 Å². The minimum absolute atomic E-state index is 0.388. The molecule has 0 amide bonds. The Labute approximate surface area is 109 Å². The molecule has 0 N–H and O–H groups in total. The fourth-order valence-electron chi connectivity index (χ4n) is 1.53. The molecule has 5 heteroatoms. The Morgan fingerprint density at radius 3 is 1.53 bits per heavy atom. The van der Waals surface area contributed by atoms with E-state index in [9.17, 15) is 8.78 Å². The molecule has 2 aromatic rings. The predicted molar refractivity (Wildman–Crippen MR) is 69.5 cm³/mol. The molecule has 0 spiro atoms. The van der Waals surface area contributed by atoms with Gasteiger partial charge < -0.3 is 0 Å². The zero-order valence-electron chi connectivity index (χ0n) is 8.63. The molecule has 0 aliphatic carbocycles. The van der Waals surface area contributed by atoms with E-state index < -0.39 is 16.1 Å². The Morgan fingerprint density at radius 2 is 1.18 bits per heavy atom. The van der Waals surface area contributed by atoms with Gasteiger partial charge in [-0.05, 0) is 0 Å². The first-order valence-corrected chi connectivity index (χ1v) is 15.0. The summed E-state index contributed by atoms with van der Waals surface area (Å²) in [6.07, 6.45) is 0. The van der Waals surface area contributed by atoms with Crippen LogP contribution < -0.4 is 7.16 Å². The molecule has 0 aliphatic rings.